The lowest BCUT2D eigenvalue weighted by molar-refractivity contribution is 0.0714. The summed E-state index contributed by atoms with van der Waals surface area (Å²) < 4.78 is 24.4. The third-order valence-corrected chi connectivity index (χ3v) is 5.27. The Balaban J connectivity index is 1.51. The highest BCUT2D eigenvalue weighted by molar-refractivity contribution is 5.97. The third-order valence-electron chi connectivity index (χ3n) is 5.27. The number of ether oxygens (including phenoxy) is 1. The molecule has 0 spiro atoms. The maximum atomic E-state index is 13.3. The Morgan fingerprint density at radius 3 is 2.53 bits per heavy atom. The molecule has 0 atom stereocenters. The topological polar surface area (TPSA) is 58.8 Å². The molecule has 0 radical (unpaired) electrons. The maximum Gasteiger partial charge on any atom is 0.292 e. The largest absolute Gasteiger partial charge is 0.497 e. The van der Waals surface area contributed by atoms with Gasteiger partial charge in [-0.25, -0.2) is 9.37 Å². The van der Waals surface area contributed by atoms with E-state index in [4.69, 9.17) is 9.15 Å². The van der Waals surface area contributed by atoms with Gasteiger partial charge in [0.05, 0.1) is 7.11 Å². The third kappa shape index (κ3) is 4.01. The van der Waals surface area contributed by atoms with E-state index in [1.165, 1.54) is 12.1 Å². The first-order chi connectivity index (χ1) is 14.6. The van der Waals surface area contributed by atoms with Gasteiger partial charge in [0.2, 0.25) is 5.76 Å². The van der Waals surface area contributed by atoms with E-state index in [9.17, 15) is 9.18 Å². The lowest BCUT2D eigenvalue weighted by atomic mass is 10.1. The number of piperazine rings is 1. The predicted octanol–water partition coefficient (Wildman–Crippen LogP) is 4.01. The molecule has 0 aliphatic carbocycles. The normalized spacial score (nSPS) is 14.1. The number of aromatic nitrogens is 1. The number of oxazole rings is 1. The van der Waals surface area contributed by atoms with E-state index in [-0.39, 0.29) is 17.5 Å². The van der Waals surface area contributed by atoms with Crippen LogP contribution in [0.15, 0.2) is 52.9 Å². The van der Waals surface area contributed by atoms with Crippen LogP contribution in [0, 0.1) is 5.82 Å². The Labute approximate surface area is 174 Å². The van der Waals surface area contributed by atoms with Crippen LogP contribution in [0.5, 0.6) is 5.75 Å². The number of hydrogen-bond acceptors (Lipinski definition) is 5. The average Bonchev–Trinajstić information content (AvgIpc) is 3.24. The van der Waals surface area contributed by atoms with Crippen molar-refractivity contribution in [2.75, 3.05) is 38.2 Å². The maximum absolute atomic E-state index is 13.3. The van der Waals surface area contributed by atoms with E-state index in [1.807, 2.05) is 31.2 Å². The quantitative estimate of drug-likeness (QED) is 0.637. The van der Waals surface area contributed by atoms with E-state index >= 15 is 0 Å². The van der Waals surface area contributed by atoms with Crippen LogP contribution in [0.4, 0.5) is 10.1 Å². The van der Waals surface area contributed by atoms with Crippen LogP contribution < -0.4 is 9.64 Å². The summed E-state index contributed by atoms with van der Waals surface area (Å²) in [6, 6.07) is 13.9. The van der Waals surface area contributed by atoms with E-state index in [0.717, 1.165) is 11.4 Å². The second-order valence-electron chi connectivity index (χ2n) is 7.13. The molecule has 30 heavy (non-hydrogen) atoms. The molecule has 2 heterocycles. The molecule has 1 aliphatic heterocycles. The van der Waals surface area contributed by atoms with Gasteiger partial charge in [0.25, 0.3) is 5.91 Å². The number of rotatable bonds is 5. The Morgan fingerprint density at radius 1 is 1.13 bits per heavy atom. The van der Waals surface area contributed by atoms with Crippen molar-refractivity contribution in [2.24, 2.45) is 0 Å². The van der Waals surface area contributed by atoms with Gasteiger partial charge in [-0.05, 0) is 36.4 Å². The molecule has 0 unspecified atom stereocenters. The first-order valence-corrected chi connectivity index (χ1v) is 10.0. The molecule has 1 fully saturated rings. The van der Waals surface area contributed by atoms with Gasteiger partial charge in [0.1, 0.15) is 17.3 Å². The molecule has 0 bridgehead atoms. The van der Waals surface area contributed by atoms with Crippen molar-refractivity contribution in [3.05, 3.63) is 66.0 Å². The monoisotopic (exact) mass is 409 g/mol. The molecule has 1 saturated heterocycles. The zero-order valence-electron chi connectivity index (χ0n) is 17.1. The molecule has 2 aromatic carbocycles. The van der Waals surface area contributed by atoms with Gasteiger partial charge in [-0.3, -0.25) is 4.79 Å². The Kier molecular flexibility index (Phi) is 5.70. The first-order valence-electron chi connectivity index (χ1n) is 10.0. The summed E-state index contributed by atoms with van der Waals surface area (Å²) in [7, 11) is 1.65. The molecule has 1 aliphatic rings. The number of aryl methyl sites for hydroxylation is 1. The van der Waals surface area contributed by atoms with E-state index in [1.54, 1.807) is 24.1 Å². The van der Waals surface area contributed by atoms with Gasteiger partial charge in [-0.15, -0.1) is 0 Å². The standard InChI is InChI=1S/C23H24FN3O3/c1-3-20-25-21(16-7-9-17(24)10-8-16)22(30-20)23(28)27-13-11-26(12-14-27)18-5-4-6-19(15-18)29-2/h4-10,15H,3,11-14H2,1-2H3. The molecule has 1 aromatic heterocycles. The van der Waals surface area contributed by atoms with Crippen LogP contribution >= 0.6 is 0 Å². The summed E-state index contributed by atoms with van der Waals surface area (Å²) in [5.41, 5.74) is 2.20. The highest BCUT2D eigenvalue weighted by atomic mass is 19.1. The van der Waals surface area contributed by atoms with Crippen molar-refractivity contribution in [2.45, 2.75) is 13.3 Å². The first kappa shape index (κ1) is 19.9. The number of anilines is 1. The summed E-state index contributed by atoms with van der Waals surface area (Å²) in [5, 5.41) is 0. The second kappa shape index (κ2) is 8.57. The Bertz CT molecular complexity index is 1020. The Morgan fingerprint density at radius 2 is 1.87 bits per heavy atom. The molecular weight excluding hydrogens is 385 g/mol. The van der Waals surface area contributed by atoms with Gasteiger partial charge in [-0.1, -0.05) is 13.0 Å². The SMILES string of the molecule is CCc1nc(-c2ccc(F)cc2)c(C(=O)N2CCN(c3cccc(OC)c3)CC2)o1. The number of carbonyl (C=O) groups excluding carboxylic acids is 1. The summed E-state index contributed by atoms with van der Waals surface area (Å²) >= 11 is 0. The van der Waals surface area contributed by atoms with Gasteiger partial charge >= 0.3 is 0 Å². The van der Waals surface area contributed by atoms with Crippen molar-refractivity contribution in [1.29, 1.82) is 0 Å². The fraction of sp³-hybridized carbons (Fsp3) is 0.304. The fourth-order valence-electron chi connectivity index (χ4n) is 3.58. The molecule has 6 nitrogen and oxygen atoms in total. The minimum Gasteiger partial charge on any atom is -0.497 e. The van der Waals surface area contributed by atoms with Crippen molar-refractivity contribution in [3.8, 4) is 17.0 Å². The second-order valence-corrected chi connectivity index (χ2v) is 7.13. The molecule has 0 N–H and O–H groups in total. The molecule has 4 rings (SSSR count). The van der Waals surface area contributed by atoms with E-state index in [0.29, 0.717) is 49.7 Å². The lowest BCUT2D eigenvalue weighted by Crippen LogP contribution is -2.48. The molecule has 156 valence electrons. The zero-order chi connectivity index (χ0) is 21.1. The van der Waals surface area contributed by atoms with Crippen LogP contribution in [0.25, 0.3) is 11.3 Å². The molecule has 7 heteroatoms. The lowest BCUT2D eigenvalue weighted by Gasteiger charge is -2.35. The van der Waals surface area contributed by atoms with Crippen molar-refractivity contribution >= 4 is 11.6 Å². The number of benzene rings is 2. The summed E-state index contributed by atoms with van der Waals surface area (Å²) in [6.45, 7) is 4.47. The van der Waals surface area contributed by atoms with Gasteiger partial charge in [-0.2, -0.15) is 0 Å². The number of hydrogen-bond donors (Lipinski definition) is 0. The number of methoxy groups -OCH3 is 1. The molecular formula is C23H24FN3O3. The van der Waals surface area contributed by atoms with Crippen LogP contribution in [-0.4, -0.2) is 49.1 Å². The molecule has 1 amide bonds. The summed E-state index contributed by atoms with van der Waals surface area (Å²) in [6.07, 6.45) is 0.574. The number of nitrogens with zero attached hydrogens (tertiary/aromatic N) is 3. The Hall–Kier alpha value is -3.35. The summed E-state index contributed by atoms with van der Waals surface area (Å²) in [5.74, 6) is 0.996. The highest BCUT2D eigenvalue weighted by Crippen LogP contribution is 2.27. The molecule has 3 aromatic rings. The average molecular weight is 409 g/mol. The number of halogens is 1. The van der Waals surface area contributed by atoms with Gasteiger partial charge < -0.3 is 19.0 Å². The van der Waals surface area contributed by atoms with Crippen LogP contribution in [0.1, 0.15) is 23.4 Å². The van der Waals surface area contributed by atoms with Crippen molar-refractivity contribution < 1.29 is 18.3 Å². The van der Waals surface area contributed by atoms with Gasteiger partial charge in [0, 0.05) is 49.9 Å². The zero-order valence-corrected chi connectivity index (χ0v) is 17.1. The minimum absolute atomic E-state index is 0.188. The van der Waals surface area contributed by atoms with Crippen molar-refractivity contribution in [3.63, 3.8) is 0 Å². The number of amides is 1. The minimum atomic E-state index is -0.334. The smallest absolute Gasteiger partial charge is 0.292 e. The predicted molar refractivity (Wildman–Crippen MR) is 112 cm³/mol. The fourth-order valence-corrected chi connectivity index (χ4v) is 3.58. The van der Waals surface area contributed by atoms with Crippen molar-refractivity contribution in [1.82, 2.24) is 9.88 Å². The van der Waals surface area contributed by atoms with Crippen LogP contribution in [0.2, 0.25) is 0 Å². The van der Waals surface area contributed by atoms with E-state index < -0.39 is 0 Å². The van der Waals surface area contributed by atoms with E-state index in [2.05, 4.69) is 9.88 Å². The van der Waals surface area contributed by atoms with Crippen LogP contribution in [0.3, 0.4) is 0 Å². The number of carbonyl (C=O) groups is 1. The molecule has 0 saturated carbocycles. The van der Waals surface area contributed by atoms with Crippen LogP contribution in [-0.2, 0) is 6.42 Å². The van der Waals surface area contributed by atoms with Gasteiger partial charge in [0.15, 0.2) is 5.89 Å². The highest BCUT2D eigenvalue weighted by Gasteiger charge is 2.28. The summed E-state index contributed by atoms with van der Waals surface area (Å²) in [4.78, 5) is 21.7.